The number of nitro benzene ring substituents is 1. The van der Waals surface area contributed by atoms with Crippen molar-refractivity contribution in [1.29, 1.82) is 0 Å². The summed E-state index contributed by atoms with van der Waals surface area (Å²) in [6.45, 7) is 1.60. The molecule has 1 aromatic carbocycles. The van der Waals surface area contributed by atoms with Crippen molar-refractivity contribution in [2.75, 3.05) is 0 Å². The zero-order valence-corrected chi connectivity index (χ0v) is 11.7. The highest BCUT2D eigenvalue weighted by Gasteiger charge is 2.29. The lowest BCUT2D eigenvalue weighted by molar-refractivity contribution is -0.385. The Morgan fingerprint density at radius 3 is 2.89 bits per heavy atom. The average Bonchev–Trinajstić information content (AvgIpc) is 2.26. The van der Waals surface area contributed by atoms with Gasteiger partial charge in [-0.2, -0.15) is 0 Å². The van der Waals surface area contributed by atoms with Gasteiger partial charge in [-0.3, -0.25) is 10.1 Å². The van der Waals surface area contributed by atoms with E-state index in [2.05, 4.69) is 5.09 Å². The molecule has 0 amide bonds. The second kappa shape index (κ2) is 4.93. The lowest BCUT2D eigenvalue weighted by Crippen LogP contribution is -2.25. The van der Waals surface area contributed by atoms with Crippen LogP contribution in [0.1, 0.15) is 19.4 Å². The summed E-state index contributed by atoms with van der Waals surface area (Å²) in [5.41, 5.74) is 0.670. The second-order valence-corrected chi connectivity index (χ2v) is 7.33. The molecule has 1 atom stereocenters. The van der Waals surface area contributed by atoms with E-state index in [-0.39, 0.29) is 18.3 Å². The minimum absolute atomic E-state index is 0.0213. The molecule has 0 saturated heterocycles. The maximum absolute atomic E-state index is 10.7. The van der Waals surface area contributed by atoms with Crippen LogP contribution in [0, 0.1) is 10.1 Å². The van der Waals surface area contributed by atoms with Crippen molar-refractivity contribution >= 4 is 24.1 Å². The zero-order chi connectivity index (χ0) is 13.3. The summed E-state index contributed by atoms with van der Waals surface area (Å²) < 4.78 is 11.1. The van der Waals surface area contributed by atoms with Gasteiger partial charge >= 0.3 is 6.64 Å². The van der Waals surface area contributed by atoms with Crippen LogP contribution in [0.3, 0.4) is 0 Å². The SMILES string of the molecule is CC(C)N[P@]1(=S)OCc2cc([N+](=O)[O-])ccc2O1. The molecule has 98 valence electrons. The Morgan fingerprint density at radius 1 is 1.56 bits per heavy atom. The van der Waals surface area contributed by atoms with Crippen molar-refractivity contribution in [3.05, 3.63) is 33.9 Å². The van der Waals surface area contributed by atoms with Gasteiger partial charge in [0.25, 0.3) is 5.69 Å². The summed E-state index contributed by atoms with van der Waals surface area (Å²) in [6, 6.07) is 4.57. The predicted octanol–water partition coefficient (Wildman–Crippen LogP) is 2.73. The van der Waals surface area contributed by atoms with E-state index >= 15 is 0 Å². The van der Waals surface area contributed by atoms with Crippen LogP contribution in [0.2, 0.25) is 0 Å². The number of rotatable bonds is 3. The number of nitrogens with zero attached hydrogens (tertiary/aromatic N) is 1. The third-order valence-electron chi connectivity index (χ3n) is 2.28. The third kappa shape index (κ3) is 2.87. The van der Waals surface area contributed by atoms with Crippen molar-refractivity contribution in [2.24, 2.45) is 0 Å². The van der Waals surface area contributed by atoms with E-state index in [0.717, 1.165) is 0 Å². The molecule has 0 radical (unpaired) electrons. The molecule has 8 heteroatoms. The number of fused-ring (bicyclic) bond motifs is 1. The fraction of sp³-hybridized carbons (Fsp3) is 0.400. The lowest BCUT2D eigenvalue weighted by atomic mass is 10.2. The zero-order valence-electron chi connectivity index (χ0n) is 9.95. The van der Waals surface area contributed by atoms with Crippen LogP contribution in [0.15, 0.2) is 18.2 Å². The Hall–Kier alpha value is -1.01. The van der Waals surface area contributed by atoms with E-state index in [1.54, 1.807) is 6.07 Å². The molecule has 1 aliphatic heterocycles. The number of nitro groups is 1. The predicted molar refractivity (Wildman–Crippen MR) is 71.1 cm³/mol. The maximum Gasteiger partial charge on any atom is 0.313 e. The van der Waals surface area contributed by atoms with Gasteiger partial charge in [0.1, 0.15) is 5.75 Å². The van der Waals surface area contributed by atoms with Gasteiger partial charge in [0.2, 0.25) is 0 Å². The summed E-state index contributed by atoms with van der Waals surface area (Å²) in [5.74, 6) is 0.559. The van der Waals surface area contributed by atoms with E-state index in [1.165, 1.54) is 12.1 Å². The Kier molecular flexibility index (Phi) is 3.68. The smallest absolute Gasteiger partial charge is 0.313 e. The fourth-order valence-corrected chi connectivity index (χ4v) is 4.16. The Bertz CT molecular complexity index is 535. The van der Waals surface area contributed by atoms with Gasteiger partial charge in [-0.05, 0) is 31.7 Å². The van der Waals surface area contributed by atoms with Gasteiger partial charge in [-0.25, -0.2) is 5.09 Å². The van der Waals surface area contributed by atoms with Crippen molar-refractivity contribution in [1.82, 2.24) is 5.09 Å². The monoisotopic (exact) mass is 288 g/mol. The van der Waals surface area contributed by atoms with Crippen LogP contribution in [-0.4, -0.2) is 11.0 Å². The minimum atomic E-state index is -2.53. The highest BCUT2D eigenvalue weighted by molar-refractivity contribution is 8.09. The number of hydrogen-bond donors (Lipinski definition) is 1. The molecule has 2 rings (SSSR count). The first-order chi connectivity index (χ1) is 8.39. The van der Waals surface area contributed by atoms with Crippen molar-refractivity contribution < 1.29 is 14.0 Å². The largest absolute Gasteiger partial charge is 0.432 e. The van der Waals surface area contributed by atoms with Gasteiger partial charge in [-0.1, -0.05) is 0 Å². The standard InChI is InChI=1S/C10H13N2O4PS/c1-7(2)11-17(18)15-6-8-5-9(12(13)14)3-4-10(8)16-17/h3-5,7H,6H2,1-2H3,(H,11,18)/t17-/m0/s1. The molecule has 1 aromatic rings. The molecule has 0 aromatic heterocycles. The molecule has 0 saturated carbocycles. The van der Waals surface area contributed by atoms with Crippen LogP contribution < -0.4 is 9.61 Å². The third-order valence-corrected chi connectivity index (χ3v) is 4.87. The number of benzene rings is 1. The first-order valence-corrected chi connectivity index (χ1v) is 8.03. The van der Waals surface area contributed by atoms with Crippen LogP contribution in [0.5, 0.6) is 5.75 Å². The summed E-state index contributed by atoms with van der Waals surface area (Å²) in [5, 5.41) is 13.7. The summed E-state index contributed by atoms with van der Waals surface area (Å²) >= 11 is 5.31. The van der Waals surface area contributed by atoms with Crippen molar-refractivity contribution in [3.8, 4) is 5.75 Å². The topological polar surface area (TPSA) is 73.6 Å². The molecule has 18 heavy (non-hydrogen) atoms. The molecule has 1 N–H and O–H groups in total. The van der Waals surface area contributed by atoms with Crippen LogP contribution in [-0.2, 0) is 22.9 Å². The quantitative estimate of drug-likeness (QED) is 0.523. The highest BCUT2D eigenvalue weighted by atomic mass is 32.5. The minimum Gasteiger partial charge on any atom is -0.432 e. The number of hydrogen-bond acceptors (Lipinski definition) is 5. The number of nitrogens with one attached hydrogen (secondary N) is 1. The van der Waals surface area contributed by atoms with Crippen molar-refractivity contribution in [3.63, 3.8) is 0 Å². The summed E-state index contributed by atoms with van der Waals surface area (Å²) in [6.07, 6.45) is 0. The molecule has 1 aliphatic rings. The molecular weight excluding hydrogens is 275 g/mol. The highest BCUT2D eigenvalue weighted by Crippen LogP contribution is 2.51. The van der Waals surface area contributed by atoms with E-state index < -0.39 is 11.6 Å². The van der Waals surface area contributed by atoms with E-state index in [1.807, 2.05) is 13.8 Å². The van der Waals surface area contributed by atoms with E-state index in [9.17, 15) is 10.1 Å². The molecule has 0 spiro atoms. The molecule has 6 nitrogen and oxygen atoms in total. The molecular formula is C10H13N2O4PS. The van der Waals surface area contributed by atoms with Gasteiger partial charge in [0.05, 0.1) is 11.5 Å². The Labute approximate surface area is 110 Å². The summed E-state index contributed by atoms with van der Waals surface area (Å²) in [4.78, 5) is 10.2. The first-order valence-electron chi connectivity index (χ1n) is 5.39. The Morgan fingerprint density at radius 2 is 2.28 bits per heavy atom. The van der Waals surface area contributed by atoms with Gasteiger partial charge in [0, 0.05) is 23.7 Å². The van der Waals surface area contributed by atoms with Crippen LogP contribution in [0.25, 0.3) is 0 Å². The molecule has 0 fully saturated rings. The average molecular weight is 288 g/mol. The Balaban J connectivity index is 2.26. The lowest BCUT2D eigenvalue weighted by Gasteiger charge is -2.30. The van der Waals surface area contributed by atoms with Gasteiger partial charge < -0.3 is 9.05 Å². The van der Waals surface area contributed by atoms with Crippen molar-refractivity contribution in [2.45, 2.75) is 26.5 Å². The maximum atomic E-state index is 10.7. The first kappa shape index (κ1) is 13.4. The molecule has 1 heterocycles. The molecule has 0 unspecified atom stereocenters. The normalized spacial score (nSPS) is 22.4. The van der Waals surface area contributed by atoms with Crippen LogP contribution in [0.4, 0.5) is 5.69 Å². The van der Waals surface area contributed by atoms with E-state index in [4.69, 9.17) is 20.9 Å². The second-order valence-electron chi connectivity index (χ2n) is 4.20. The summed E-state index contributed by atoms with van der Waals surface area (Å²) in [7, 11) is 0. The van der Waals surface area contributed by atoms with Gasteiger partial charge in [-0.15, -0.1) is 0 Å². The number of non-ortho nitro benzene ring substituents is 1. The van der Waals surface area contributed by atoms with Gasteiger partial charge in [0.15, 0.2) is 0 Å². The fourth-order valence-electron chi connectivity index (χ4n) is 1.57. The van der Waals surface area contributed by atoms with Crippen LogP contribution >= 0.6 is 6.64 Å². The van der Waals surface area contributed by atoms with E-state index in [0.29, 0.717) is 11.3 Å². The molecule has 0 aliphatic carbocycles. The molecule has 0 bridgehead atoms.